The average molecular weight is 491 g/mol. The number of alkyl halides is 3. The third-order valence-corrected chi connectivity index (χ3v) is 6.13. The molecule has 0 aliphatic rings. The van der Waals surface area contributed by atoms with E-state index in [0.717, 1.165) is 32.6 Å². The van der Waals surface area contributed by atoms with Crippen LogP contribution in [0.15, 0.2) is 59.3 Å². The molecule has 0 saturated heterocycles. The number of benzene rings is 1. The van der Waals surface area contributed by atoms with Crippen molar-refractivity contribution in [2.45, 2.75) is 24.8 Å². The predicted molar refractivity (Wildman–Crippen MR) is 121 cm³/mol. The zero-order chi connectivity index (χ0) is 23.4. The first-order valence-electron chi connectivity index (χ1n) is 9.64. The molecule has 0 saturated carbocycles. The van der Waals surface area contributed by atoms with Gasteiger partial charge in [-0.05, 0) is 31.2 Å². The zero-order valence-corrected chi connectivity index (χ0v) is 18.8. The van der Waals surface area contributed by atoms with Gasteiger partial charge in [0, 0.05) is 34.6 Å². The summed E-state index contributed by atoms with van der Waals surface area (Å²) in [5.41, 5.74) is 2.69. The number of carbonyl (C=O) groups is 1. The second-order valence-electron chi connectivity index (χ2n) is 6.91. The van der Waals surface area contributed by atoms with Crippen LogP contribution in [0, 0.1) is 6.92 Å². The predicted octanol–water partition coefficient (Wildman–Crippen LogP) is 5.07. The minimum absolute atomic E-state index is 0.000913. The van der Waals surface area contributed by atoms with Crippen molar-refractivity contribution in [1.82, 2.24) is 24.7 Å². The van der Waals surface area contributed by atoms with Crippen molar-refractivity contribution in [3.05, 3.63) is 59.2 Å². The lowest BCUT2D eigenvalue weighted by Crippen LogP contribution is -2.20. The normalized spacial score (nSPS) is 11.5. The quantitative estimate of drug-likeness (QED) is 0.364. The highest BCUT2D eigenvalue weighted by Crippen LogP contribution is 2.29. The molecule has 3 heterocycles. The maximum atomic E-state index is 13.2. The van der Waals surface area contributed by atoms with E-state index in [9.17, 15) is 18.0 Å². The number of hydrogen-bond acceptors (Lipinski definition) is 7. The minimum atomic E-state index is -4.48. The lowest BCUT2D eigenvalue weighted by molar-refractivity contribution is -0.141. The molecule has 0 unspecified atom stereocenters. The molecule has 7 nitrogen and oxygen atoms in total. The monoisotopic (exact) mass is 490 g/mol. The first-order valence-corrected chi connectivity index (χ1v) is 11.5. The van der Waals surface area contributed by atoms with Crippen molar-refractivity contribution in [2.75, 3.05) is 11.1 Å². The summed E-state index contributed by atoms with van der Waals surface area (Å²) in [6.07, 6.45) is -1.55. The van der Waals surface area contributed by atoms with Crippen molar-refractivity contribution < 1.29 is 18.0 Å². The van der Waals surface area contributed by atoms with Gasteiger partial charge in [-0.2, -0.15) is 13.2 Å². The lowest BCUT2D eigenvalue weighted by Gasteiger charge is -2.12. The summed E-state index contributed by atoms with van der Waals surface area (Å²) < 4.78 is 40.5. The molecule has 12 heteroatoms. The molecule has 0 fully saturated rings. The van der Waals surface area contributed by atoms with Gasteiger partial charge in [0.25, 0.3) is 0 Å². The lowest BCUT2D eigenvalue weighted by atomic mass is 10.1. The number of thioether (sulfide) groups is 1. The number of nitrogens with one attached hydrogen (secondary N) is 1. The van der Waals surface area contributed by atoms with Crippen LogP contribution >= 0.6 is 23.1 Å². The fourth-order valence-electron chi connectivity index (χ4n) is 3.01. The molecule has 1 amide bonds. The Labute approximate surface area is 195 Å². The Morgan fingerprint density at radius 2 is 1.94 bits per heavy atom. The van der Waals surface area contributed by atoms with E-state index in [1.165, 1.54) is 23.7 Å². The van der Waals surface area contributed by atoms with E-state index in [0.29, 0.717) is 11.3 Å². The molecular formula is C21H17F3N6OS2. The third kappa shape index (κ3) is 5.96. The largest absolute Gasteiger partial charge is 0.406 e. The molecule has 4 aromatic rings. The van der Waals surface area contributed by atoms with Crippen molar-refractivity contribution in [2.24, 2.45) is 0 Å². The van der Waals surface area contributed by atoms with Crippen LogP contribution in [0.4, 0.5) is 18.9 Å². The highest BCUT2D eigenvalue weighted by molar-refractivity contribution is 7.99. The highest BCUT2D eigenvalue weighted by Gasteiger charge is 2.31. The first-order chi connectivity index (χ1) is 15.8. The molecule has 33 heavy (non-hydrogen) atoms. The maximum absolute atomic E-state index is 13.2. The molecule has 170 valence electrons. The van der Waals surface area contributed by atoms with Crippen LogP contribution in [0.5, 0.6) is 0 Å². The van der Waals surface area contributed by atoms with Gasteiger partial charge in [0.1, 0.15) is 6.54 Å². The summed E-state index contributed by atoms with van der Waals surface area (Å²) >= 11 is 2.42. The smallest absolute Gasteiger partial charge is 0.325 e. The molecular weight excluding hydrogens is 473 g/mol. The Hall–Kier alpha value is -3.25. The number of carbonyl (C=O) groups excluding carboxylic acids is 1. The van der Waals surface area contributed by atoms with Gasteiger partial charge >= 0.3 is 6.18 Å². The van der Waals surface area contributed by atoms with E-state index in [2.05, 4.69) is 25.5 Å². The van der Waals surface area contributed by atoms with Gasteiger partial charge in [-0.25, -0.2) is 4.98 Å². The number of aryl methyl sites for hydroxylation is 1. The summed E-state index contributed by atoms with van der Waals surface area (Å²) in [7, 11) is 0. The second kappa shape index (κ2) is 9.71. The van der Waals surface area contributed by atoms with Gasteiger partial charge in [-0.1, -0.05) is 23.9 Å². The average Bonchev–Trinajstić information content (AvgIpc) is 3.38. The second-order valence-corrected chi connectivity index (χ2v) is 8.92. The molecule has 0 spiro atoms. The number of amides is 1. The van der Waals surface area contributed by atoms with Crippen LogP contribution in [0.25, 0.3) is 22.6 Å². The van der Waals surface area contributed by atoms with Crippen LogP contribution < -0.4 is 5.32 Å². The summed E-state index contributed by atoms with van der Waals surface area (Å²) in [6, 6.07) is 10.3. The van der Waals surface area contributed by atoms with E-state index in [1.54, 1.807) is 30.3 Å². The van der Waals surface area contributed by atoms with Gasteiger partial charge in [-0.3, -0.25) is 14.3 Å². The van der Waals surface area contributed by atoms with Gasteiger partial charge in [0.2, 0.25) is 5.91 Å². The van der Waals surface area contributed by atoms with Crippen LogP contribution in [-0.2, 0) is 11.3 Å². The van der Waals surface area contributed by atoms with Gasteiger partial charge in [0.15, 0.2) is 11.0 Å². The summed E-state index contributed by atoms with van der Waals surface area (Å²) in [5, 5.41) is 13.4. The van der Waals surface area contributed by atoms with E-state index >= 15 is 0 Å². The zero-order valence-electron chi connectivity index (χ0n) is 17.2. The van der Waals surface area contributed by atoms with Gasteiger partial charge in [-0.15, -0.1) is 21.5 Å². The van der Waals surface area contributed by atoms with Gasteiger partial charge < -0.3 is 5.32 Å². The molecule has 0 bridgehead atoms. The van der Waals surface area contributed by atoms with Crippen molar-refractivity contribution in [3.63, 3.8) is 0 Å². The molecule has 1 N–H and O–H groups in total. The first kappa shape index (κ1) is 22.9. The Balaban J connectivity index is 1.47. The summed E-state index contributed by atoms with van der Waals surface area (Å²) in [4.78, 5) is 20.8. The number of anilines is 1. The van der Waals surface area contributed by atoms with Gasteiger partial charge in [0.05, 0.1) is 16.5 Å². The fraction of sp³-hybridized carbons (Fsp3) is 0.190. The number of hydrogen-bond donors (Lipinski definition) is 1. The standard InChI is InChI=1S/C21H17F3N6OS2/c1-13-26-17(10-32-13)15-3-2-4-16(9-15)27-18(31)11-33-20-29-28-19(14-5-7-25-8-6-14)30(20)12-21(22,23)24/h2-10H,11-12H2,1H3,(H,27,31). The summed E-state index contributed by atoms with van der Waals surface area (Å²) in [6.45, 7) is 0.644. The molecule has 4 rings (SSSR count). The van der Waals surface area contributed by atoms with Crippen LogP contribution in [0.3, 0.4) is 0 Å². The molecule has 1 aromatic carbocycles. The topological polar surface area (TPSA) is 85.6 Å². The number of thiazole rings is 1. The Morgan fingerprint density at radius 1 is 1.15 bits per heavy atom. The minimum Gasteiger partial charge on any atom is -0.325 e. The van der Waals surface area contributed by atoms with Crippen LogP contribution in [0.1, 0.15) is 5.01 Å². The molecule has 3 aromatic heterocycles. The molecule has 0 radical (unpaired) electrons. The van der Waals surface area contributed by atoms with E-state index in [1.807, 2.05) is 18.4 Å². The number of nitrogens with zero attached hydrogens (tertiary/aromatic N) is 5. The Morgan fingerprint density at radius 3 is 2.64 bits per heavy atom. The van der Waals surface area contributed by atoms with Crippen LogP contribution in [-0.4, -0.2) is 42.6 Å². The van der Waals surface area contributed by atoms with Crippen LogP contribution in [0.2, 0.25) is 0 Å². The molecule has 0 aliphatic heterocycles. The van der Waals surface area contributed by atoms with E-state index in [4.69, 9.17) is 0 Å². The number of aromatic nitrogens is 5. The maximum Gasteiger partial charge on any atom is 0.406 e. The SMILES string of the molecule is Cc1nc(-c2cccc(NC(=O)CSc3nnc(-c4ccncc4)n3CC(F)(F)F)c2)cs1. The number of pyridine rings is 1. The highest BCUT2D eigenvalue weighted by atomic mass is 32.2. The summed E-state index contributed by atoms with van der Waals surface area (Å²) in [5.74, 6) is -0.450. The number of halogens is 3. The Bertz CT molecular complexity index is 1260. The molecule has 0 atom stereocenters. The van der Waals surface area contributed by atoms with Crippen molar-refractivity contribution in [3.8, 4) is 22.6 Å². The Kier molecular flexibility index (Phi) is 6.75. The van der Waals surface area contributed by atoms with Crippen molar-refractivity contribution >= 4 is 34.7 Å². The molecule has 0 aliphatic carbocycles. The number of rotatable bonds is 7. The van der Waals surface area contributed by atoms with Crippen molar-refractivity contribution in [1.29, 1.82) is 0 Å². The fourth-order valence-corrected chi connectivity index (χ4v) is 4.37. The third-order valence-electron chi connectivity index (χ3n) is 4.39. The van der Waals surface area contributed by atoms with E-state index in [-0.39, 0.29) is 22.6 Å². The van der Waals surface area contributed by atoms with E-state index < -0.39 is 12.7 Å².